The first-order valence-corrected chi connectivity index (χ1v) is 9.81. The molecule has 1 aliphatic heterocycles. The second-order valence-electron chi connectivity index (χ2n) is 7.30. The van der Waals surface area contributed by atoms with Crippen LogP contribution in [0.4, 0.5) is 0 Å². The van der Waals surface area contributed by atoms with E-state index in [1.807, 2.05) is 63.4 Å². The smallest absolute Gasteiger partial charge is 0.233 e. The molecule has 0 aliphatic carbocycles. The number of rotatable bonds is 9. The van der Waals surface area contributed by atoms with Crippen LogP contribution in [0.1, 0.15) is 39.2 Å². The normalized spacial score (nSPS) is 19.4. The van der Waals surface area contributed by atoms with Crippen LogP contribution in [-0.2, 0) is 9.63 Å². The van der Waals surface area contributed by atoms with E-state index in [9.17, 15) is 4.79 Å². The summed E-state index contributed by atoms with van der Waals surface area (Å²) >= 11 is 3.73. The quantitative estimate of drug-likeness (QED) is 0.243. The van der Waals surface area contributed by atoms with Crippen LogP contribution in [0.15, 0.2) is 47.6 Å². The van der Waals surface area contributed by atoms with Gasteiger partial charge in [0.1, 0.15) is 5.75 Å². The molecule has 1 aromatic rings. The molecule has 0 saturated carbocycles. The number of hydroxylamine groups is 2. The number of halogens is 1. The van der Waals surface area contributed by atoms with Gasteiger partial charge >= 0.3 is 0 Å². The summed E-state index contributed by atoms with van der Waals surface area (Å²) in [7, 11) is 0. The lowest BCUT2D eigenvalue weighted by Gasteiger charge is -2.26. The van der Waals surface area contributed by atoms with Crippen molar-refractivity contribution in [1.29, 1.82) is 0 Å². The summed E-state index contributed by atoms with van der Waals surface area (Å²) in [4.78, 5) is 20.8. The first kappa shape index (κ1) is 21.4. The summed E-state index contributed by atoms with van der Waals surface area (Å²) in [6.07, 6.45) is 12.0. The second kappa shape index (κ2) is 9.85. The number of carbonyl (C=O) groups excluding carboxylic acids is 1. The molecule has 1 aromatic carbocycles. The van der Waals surface area contributed by atoms with Gasteiger partial charge in [-0.05, 0) is 32.9 Å². The second-order valence-corrected chi connectivity index (χ2v) is 8.78. The SMILES string of the molecule is CC(C)(C)ON(C=O)CCCOc1ccccc1/C=C/C1(Br)C=CN=CC1. The lowest BCUT2D eigenvalue weighted by atomic mass is 10.0. The Balaban J connectivity index is 1.89. The molecule has 0 spiro atoms. The average Bonchev–Trinajstić information content (AvgIpc) is 2.63. The van der Waals surface area contributed by atoms with Crippen molar-refractivity contribution in [3.63, 3.8) is 0 Å². The molecule has 1 unspecified atom stereocenters. The van der Waals surface area contributed by atoms with E-state index in [1.165, 1.54) is 5.06 Å². The van der Waals surface area contributed by atoms with E-state index in [0.29, 0.717) is 26.0 Å². The van der Waals surface area contributed by atoms with Gasteiger partial charge in [0.25, 0.3) is 0 Å². The Morgan fingerprint density at radius 1 is 1.33 bits per heavy atom. The molecule has 6 heteroatoms. The number of para-hydroxylation sites is 1. The number of hydrogen-bond donors (Lipinski definition) is 0. The van der Waals surface area contributed by atoms with Crippen LogP contribution in [-0.4, -0.2) is 40.8 Å². The molecule has 0 saturated heterocycles. The number of hydrogen-bond acceptors (Lipinski definition) is 4. The number of allylic oxidation sites excluding steroid dienone is 2. The van der Waals surface area contributed by atoms with Crippen LogP contribution in [0.5, 0.6) is 5.75 Å². The number of alkyl halides is 1. The standard InChI is InChI=1S/C21H27BrN2O3/c1-20(2,3)27-24(17-25)15-6-16-26-19-8-5-4-7-18(19)9-10-21(22)11-13-23-14-12-21/h4-5,7-11,13-14,17H,6,12,15-16H2,1-3H3/b10-9+. The zero-order valence-electron chi connectivity index (χ0n) is 16.1. The predicted octanol–water partition coefficient (Wildman–Crippen LogP) is 4.78. The third-order valence-corrected chi connectivity index (χ3v) is 4.55. The van der Waals surface area contributed by atoms with Crippen molar-refractivity contribution in [2.45, 2.75) is 43.5 Å². The highest BCUT2D eigenvalue weighted by molar-refractivity contribution is 9.10. The molecule has 0 bridgehead atoms. The number of benzene rings is 1. The fraction of sp³-hybridized carbons (Fsp3) is 0.429. The molecule has 0 radical (unpaired) electrons. The maximum atomic E-state index is 11.1. The summed E-state index contributed by atoms with van der Waals surface area (Å²) in [5.74, 6) is 0.813. The molecule has 1 amide bonds. The minimum absolute atomic E-state index is 0.212. The van der Waals surface area contributed by atoms with Crippen LogP contribution in [0, 0.1) is 0 Å². The molecular weight excluding hydrogens is 408 g/mol. The van der Waals surface area contributed by atoms with Crippen LogP contribution < -0.4 is 4.74 Å². The Morgan fingerprint density at radius 2 is 2.11 bits per heavy atom. The molecule has 27 heavy (non-hydrogen) atoms. The molecule has 1 atom stereocenters. The Morgan fingerprint density at radius 3 is 2.78 bits per heavy atom. The van der Waals surface area contributed by atoms with Crippen LogP contribution in [0.25, 0.3) is 6.08 Å². The van der Waals surface area contributed by atoms with Crippen molar-refractivity contribution in [3.05, 3.63) is 48.2 Å². The van der Waals surface area contributed by atoms with Crippen LogP contribution >= 0.6 is 15.9 Å². The molecule has 1 heterocycles. The van der Waals surface area contributed by atoms with Crippen molar-refractivity contribution in [2.75, 3.05) is 13.2 Å². The fourth-order valence-electron chi connectivity index (χ4n) is 2.46. The molecule has 0 N–H and O–H groups in total. The summed E-state index contributed by atoms with van der Waals surface area (Å²) < 4.78 is 5.71. The van der Waals surface area contributed by atoms with Gasteiger partial charge in [0.05, 0.1) is 23.1 Å². The Kier molecular flexibility index (Phi) is 7.80. The Labute approximate surface area is 169 Å². The van der Waals surface area contributed by atoms with E-state index >= 15 is 0 Å². The van der Waals surface area contributed by atoms with Crippen molar-refractivity contribution in [1.82, 2.24) is 5.06 Å². The number of nitrogens with zero attached hydrogens (tertiary/aromatic N) is 2. The van der Waals surface area contributed by atoms with Crippen molar-refractivity contribution >= 4 is 34.6 Å². The maximum Gasteiger partial charge on any atom is 0.233 e. The van der Waals surface area contributed by atoms with E-state index in [2.05, 4.69) is 27.0 Å². The first-order chi connectivity index (χ1) is 12.8. The third-order valence-electron chi connectivity index (χ3n) is 3.70. The maximum absolute atomic E-state index is 11.1. The number of aliphatic imine (C=N–C) groups is 1. The summed E-state index contributed by atoms with van der Waals surface area (Å²) in [6.45, 7) is 6.70. The predicted molar refractivity (Wildman–Crippen MR) is 113 cm³/mol. The molecular formula is C21H27BrN2O3. The number of ether oxygens (including phenoxy) is 1. The molecule has 146 valence electrons. The largest absolute Gasteiger partial charge is 0.493 e. The highest BCUT2D eigenvalue weighted by atomic mass is 79.9. The molecule has 5 nitrogen and oxygen atoms in total. The molecule has 1 aliphatic rings. The van der Waals surface area contributed by atoms with Gasteiger partial charge in [0.15, 0.2) is 0 Å². The monoisotopic (exact) mass is 434 g/mol. The number of carbonyl (C=O) groups is 1. The topological polar surface area (TPSA) is 51.1 Å². The van der Waals surface area contributed by atoms with E-state index in [1.54, 1.807) is 6.20 Å². The van der Waals surface area contributed by atoms with E-state index in [4.69, 9.17) is 9.57 Å². The van der Waals surface area contributed by atoms with E-state index in [0.717, 1.165) is 17.7 Å². The average molecular weight is 435 g/mol. The lowest BCUT2D eigenvalue weighted by molar-refractivity contribution is -0.216. The van der Waals surface area contributed by atoms with Gasteiger partial charge in [-0.1, -0.05) is 46.3 Å². The van der Waals surface area contributed by atoms with Gasteiger partial charge in [0, 0.05) is 30.8 Å². The minimum Gasteiger partial charge on any atom is -0.493 e. The Bertz CT molecular complexity index is 710. The lowest BCUT2D eigenvalue weighted by Crippen LogP contribution is -2.34. The van der Waals surface area contributed by atoms with Crippen molar-refractivity contribution in [2.24, 2.45) is 4.99 Å². The molecule has 0 aromatic heterocycles. The van der Waals surface area contributed by atoms with Crippen molar-refractivity contribution < 1.29 is 14.4 Å². The molecule has 0 fully saturated rings. The third kappa shape index (κ3) is 7.69. The van der Waals surface area contributed by atoms with E-state index in [-0.39, 0.29) is 4.32 Å². The summed E-state index contributed by atoms with van der Waals surface area (Å²) in [6, 6.07) is 7.90. The van der Waals surface area contributed by atoms with Gasteiger partial charge in [-0.3, -0.25) is 14.6 Å². The van der Waals surface area contributed by atoms with Gasteiger partial charge < -0.3 is 4.74 Å². The zero-order chi connectivity index (χ0) is 19.8. The van der Waals surface area contributed by atoms with Crippen LogP contribution in [0.3, 0.4) is 0 Å². The van der Waals surface area contributed by atoms with Crippen molar-refractivity contribution in [3.8, 4) is 5.75 Å². The van der Waals surface area contributed by atoms with Gasteiger partial charge in [0.2, 0.25) is 6.41 Å². The van der Waals surface area contributed by atoms with Crippen LogP contribution in [0.2, 0.25) is 0 Å². The van der Waals surface area contributed by atoms with Gasteiger partial charge in [-0.25, -0.2) is 5.06 Å². The van der Waals surface area contributed by atoms with Gasteiger partial charge in [-0.15, -0.1) is 0 Å². The first-order valence-electron chi connectivity index (χ1n) is 9.02. The molecule has 2 rings (SSSR count). The number of amides is 1. The minimum atomic E-state index is -0.400. The highest BCUT2D eigenvalue weighted by Crippen LogP contribution is 2.30. The van der Waals surface area contributed by atoms with Gasteiger partial charge in [-0.2, -0.15) is 0 Å². The highest BCUT2D eigenvalue weighted by Gasteiger charge is 2.20. The fourth-order valence-corrected chi connectivity index (χ4v) is 2.86. The van der Waals surface area contributed by atoms with E-state index < -0.39 is 5.60 Å². The summed E-state index contributed by atoms with van der Waals surface area (Å²) in [5.41, 5.74) is 0.605. The zero-order valence-corrected chi connectivity index (χ0v) is 17.7. The Hall–Kier alpha value is -1.92. The summed E-state index contributed by atoms with van der Waals surface area (Å²) in [5, 5.41) is 1.32.